The number of pyridine rings is 1. The van der Waals surface area contributed by atoms with Crippen LogP contribution in [0.5, 0.6) is 0 Å². The molecule has 0 saturated heterocycles. The van der Waals surface area contributed by atoms with E-state index in [1.807, 2.05) is 18.3 Å². The molecule has 3 aromatic rings. The SMILES string of the molecule is CN(C)c1ccc(CNC2CCC(N)(c3ccnc4cc(Cl)ccc34)CC2)cc1. The molecule has 1 heterocycles. The molecule has 0 atom stereocenters. The van der Waals surface area contributed by atoms with Crippen LogP contribution in [0.1, 0.15) is 36.8 Å². The molecule has 4 nitrogen and oxygen atoms in total. The van der Waals surface area contributed by atoms with Crippen molar-refractivity contribution < 1.29 is 0 Å². The number of nitrogens with two attached hydrogens (primary N) is 1. The molecule has 2 aromatic carbocycles. The van der Waals surface area contributed by atoms with Crippen molar-refractivity contribution in [3.05, 3.63) is 70.9 Å². The zero-order chi connectivity index (χ0) is 20.4. The summed E-state index contributed by atoms with van der Waals surface area (Å²) in [5.74, 6) is 0. The van der Waals surface area contributed by atoms with Gasteiger partial charge in [-0.05, 0) is 67.1 Å². The lowest BCUT2D eigenvalue weighted by molar-refractivity contribution is 0.252. The molecule has 0 spiro atoms. The van der Waals surface area contributed by atoms with Gasteiger partial charge in [0.15, 0.2) is 0 Å². The minimum atomic E-state index is -0.305. The molecule has 0 aliphatic heterocycles. The summed E-state index contributed by atoms with van der Waals surface area (Å²) >= 11 is 6.14. The highest BCUT2D eigenvalue weighted by Crippen LogP contribution is 2.38. The minimum Gasteiger partial charge on any atom is -0.378 e. The number of aromatic nitrogens is 1. The zero-order valence-corrected chi connectivity index (χ0v) is 17.9. The fourth-order valence-electron chi connectivity index (χ4n) is 4.34. The largest absolute Gasteiger partial charge is 0.378 e. The summed E-state index contributed by atoms with van der Waals surface area (Å²) in [6.07, 6.45) is 5.93. The van der Waals surface area contributed by atoms with Gasteiger partial charge >= 0.3 is 0 Å². The molecule has 0 amide bonds. The molecule has 4 rings (SSSR count). The Hall–Kier alpha value is -2.14. The van der Waals surface area contributed by atoms with Crippen LogP contribution in [0.3, 0.4) is 0 Å². The van der Waals surface area contributed by atoms with Crippen LogP contribution in [0.4, 0.5) is 5.69 Å². The van der Waals surface area contributed by atoms with E-state index in [2.05, 4.69) is 65.7 Å². The van der Waals surface area contributed by atoms with Crippen LogP contribution in [0.25, 0.3) is 10.9 Å². The highest BCUT2D eigenvalue weighted by molar-refractivity contribution is 6.31. The maximum Gasteiger partial charge on any atom is 0.0720 e. The average molecular weight is 409 g/mol. The summed E-state index contributed by atoms with van der Waals surface area (Å²) in [4.78, 5) is 6.59. The Bertz CT molecular complexity index is 976. The topological polar surface area (TPSA) is 54.2 Å². The monoisotopic (exact) mass is 408 g/mol. The summed E-state index contributed by atoms with van der Waals surface area (Å²) in [5.41, 5.74) is 11.3. The number of rotatable bonds is 5. The van der Waals surface area contributed by atoms with Crippen molar-refractivity contribution in [2.24, 2.45) is 5.73 Å². The Morgan fingerprint density at radius 1 is 1.10 bits per heavy atom. The Morgan fingerprint density at radius 3 is 2.52 bits per heavy atom. The van der Waals surface area contributed by atoms with Gasteiger partial charge in [-0.1, -0.05) is 29.8 Å². The normalized spacial score (nSPS) is 22.0. The minimum absolute atomic E-state index is 0.305. The number of hydrogen-bond acceptors (Lipinski definition) is 4. The second kappa shape index (κ2) is 8.31. The van der Waals surface area contributed by atoms with E-state index in [0.29, 0.717) is 11.1 Å². The fourth-order valence-corrected chi connectivity index (χ4v) is 4.50. The second-order valence-electron chi connectivity index (χ2n) is 8.39. The van der Waals surface area contributed by atoms with Crippen molar-refractivity contribution in [1.29, 1.82) is 0 Å². The molecule has 1 aliphatic rings. The molecule has 1 aliphatic carbocycles. The van der Waals surface area contributed by atoms with E-state index in [-0.39, 0.29) is 5.54 Å². The Morgan fingerprint density at radius 2 is 1.83 bits per heavy atom. The van der Waals surface area contributed by atoms with Crippen molar-refractivity contribution in [1.82, 2.24) is 10.3 Å². The fraction of sp³-hybridized carbons (Fsp3) is 0.375. The smallest absolute Gasteiger partial charge is 0.0720 e. The Balaban J connectivity index is 1.40. The number of nitrogens with zero attached hydrogens (tertiary/aromatic N) is 2. The van der Waals surface area contributed by atoms with Gasteiger partial charge in [-0.2, -0.15) is 0 Å². The molecule has 0 bridgehead atoms. The zero-order valence-electron chi connectivity index (χ0n) is 17.2. The molecular weight excluding hydrogens is 380 g/mol. The third-order valence-corrected chi connectivity index (χ3v) is 6.40. The van der Waals surface area contributed by atoms with Gasteiger partial charge in [-0.3, -0.25) is 4.98 Å². The number of halogens is 1. The first-order valence-electron chi connectivity index (χ1n) is 10.3. The van der Waals surface area contributed by atoms with Crippen LogP contribution in [0.2, 0.25) is 5.02 Å². The van der Waals surface area contributed by atoms with Crippen molar-refractivity contribution in [2.75, 3.05) is 19.0 Å². The van der Waals surface area contributed by atoms with Gasteiger partial charge in [0.25, 0.3) is 0 Å². The van der Waals surface area contributed by atoms with Gasteiger partial charge < -0.3 is 16.0 Å². The lowest BCUT2D eigenvalue weighted by Crippen LogP contribution is -2.45. The molecule has 1 saturated carbocycles. The molecule has 3 N–H and O–H groups in total. The van der Waals surface area contributed by atoms with Crippen LogP contribution in [-0.4, -0.2) is 25.1 Å². The lowest BCUT2D eigenvalue weighted by atomic mass is 9.74. The molecule has 1 aromatic heterocycles. The predicted octanol–water partition coefficient (Wildman–Crippen LogP) is 4.84. The van der Waals surface area contributed by atoms with Crippen LogP contribution < -0.4 is 16.0 Å². The van der Waals surface area contributed by atoms with E-state index in [1.165, 1.54) is 16.8 Å². The number of fused-ring (bicyclic) bond motifs is 1. The molecule has 152 valence electrons. The molecule has 0 radical (unpaired) electrons. The first kappa shape index (κ1) is 20.1. The second-order valence-corrected chi connectivity index (χ2v) is 8.83. The molecule has 0 unspecified atom stereocenters. The average Bonchev–Trinajstić information content (AvgIpc) is 2.73. The van der Waals surface area contributed by atoms with Gasteiger partial charge in [-0.25, -0.2) is 0 Å². The molecule has 1 fully saturated rings. The number of anilines is 1. The summed E-state index contributed by atoms with van der Waals surface area (Å²) in [7, 11) is 4.13. The third-order valence-electron chi connectivity index (χ3n) is 6.17. The van der Waals surface area contributed by atoms with Crippen LogP contribution >= 0.6 is 11.6 Å². The maximum absolute atomic E-state index is 6.91. The van der Waals surface area contributed by atoms with Gasteiger partial charge in [0.1, 0.15) is 0 Å². The van der Waals surface area contributed by atoms with Gasteiger partial charge in [0.2, 0.25) is 0 Å². The van der Waals surface area contributed by atoms with E-state index in [1.54, 1.807) is 0 Å². The van der Waals surface area contributed by atoms with E-state index in [0.717, 1.165) is 43.1 Å². The van der Waals surface area contributed by atoms with E-state index in [4.69, 9.17) is 17.3 Å². The Kier molecular flexibility index (Phi) is 5.77. The van der Waals surface area contributed by atoms with Crippen molar-refractivity contribution in [3.63, 3.8) is 0 Å². The summed E-state index contributed by atoms with van der Waals surface area (Å²) < 4.78 is 0. The van der Waals surface area contributed by atoms with E-state index >= 15 is 0 Å². The quantitative estimate of drug-likeness (QED) is 0.634. The predicted molar refractivity (Wildman–Crippen MR) is 122 cm³/mol. The van der Waals surface area contributed by atoms with Crippen molar-refractivity contribution >= 4 is 28.2 Å². The van der Waals surface area contributed by atoms with Crippen LogP contribution in [0.15, 0.2) is 54.7 Å². The molecular formula is C24H29ClN4. The maximum atomic E-state index is 6.91. The highest BCUT2D eigenvalue weighted by Gasteiger charge is 2.34. The number of nitrogens with one attached hydrogen (secondary N) is 1. The number of hydrogen-bond donors (Lipinski definition) is 2. The van der Waals surface area contributed by atoms with Crippen molar-refractivity contribution in [3.8, 4) is 0 Å². The van der Waals surface area contributed by atoms with Crippen LogP contribution in [0, 0.1) is 0 Å². The Labute approximate surface area is 178 Å². The highest BCUT2D eigenvalue weighted by atomic mass is 35.5. The lowest BCUT2D eigenvalue weighted by Gasteiger charge is -2.38. The molecule has 29 heavy (non-hydrogen) atoms. The van der Waals surface area contributed by atoms with Crippen LogP contribution in [-0.2, 0) is 12.1 Å². The standard InChI is InChI=1S/C24H29ClN4/c1-29(2)20-6-3-17(4-7-20)16-28-19-9-12-24(26,13-10-19)22-11-14-27-23-15-18(25)5-8-21(22)23/h3-8,11,14-15,19,28H,9-10,12-13,16,26H2,1-2H3. The summed E-state index contributed by atoms with van der Waals surface area (Å²) in [6, 6.07) is 17.2. The first-order chi connectivity index (χ1) is 13.9. The summed E-state index contributed by atoms with van der Waals surface area (Å²) in [5, 5.41) is 5.55. The van der Waals surface area contributed by atoms with Gasteiger partial charge in [0, 0.05) is 54.5 Å². The van der Waals surface area contributed by atoms with Gasteiger partial charge in [-0.15, -0.1) is 0 Å². The third kappa shape index (κ3) is 4.40. The van der Waals surface area contributed by atoms with E-state index in [9.17, 15) is 0 Å². The number of benzene rings is 2. The summed E-state index contributed by atoms with van der Waals surface area (Å²) in [6.45, 7) is 0.895. The first-order valence-corrected chi connectivity index (χ1v) is 10.7. The van der Waals surface area contributed by atoms with E-state index < -0.39 is 0 Å². The van der Waals surface area contributed by atoms with Gasteiger partial charge in [0.05, 0.1) is 5.52 Å². The van der Waals surface area contributed by atoms with Crippen molar-refractivity contribution in [2.45, 2.75) is 43.8 Å². The molecule has 5 heteroatoms.